The molecule has 11 nitrogen and oxygen atoms in total. The van der Waals surface area contributed by atoms with E-state index in [1.54, 1.807) is 13.2 Å². The molecule has 0 aromatic carbocycles. The second kappa shape index (κ2) is 8.79. The third kappa shape index (κ3) is 4.22. The van der Waals surface area contributed by atoms with Crippen molar-refractivity contribution in [3.8, 4) is 0 Å². The Kier molecular flexibility index (Phi) is 6.10. The van der Waals surface area contributed by atoms with Gasteiger partial charge in [0.2, 0.25) is 5.95 Å². The number of ether oxygens (including phenoxy) is 2. The van der Waals surface area contributed by atoms with Crippen molar-refractivity contribution in [2.75, 3.05) is 30.9 Å². The first-order valence-electron chi connectivity index (χ1n) is 10.00. The van der Waals surface area contributed by atoms with Crippen LogP contribution in [-0.2, 0) is 20.8 Å². The zero-order chi connectivity index (χ0) is 22.1. The lowest BCUT2D eigenvalue weighted by Crippen LogP contribution is -2.38. The van der Waals surface area contributed by atoms with Crippen LogP contribution < -0.4 is 15.5 Å². The summed E-state index contributed by atoms with van der Waals surface area (Å²) in [4.78, 5) is 34.8. The van der Waals surface area contributed by atoms with Crippen LogP contribution in [0, 0.1) is 0 Å². The minimum absolute atomic E-state index is 0.0529. The molecule has 2 amide bonds. The average Bonchev–Trinajstić information content (AvgIpc) is 3.41. The van der Waals surface area contributed by atoms with E-state index in [4.69, 9.17) is 14.5 Å². The molecule has 0 saturated carbocycles. The normalized spacial score (nSPS) is 22.7. The molecule has 4 heterocycles. The fourth-order valence-corrected chi connectivity index (χ4v) is 4.34. The van der Waals surface area contributed by atoms with Crippen LogP contribution in [0.1, 0.15) is 43.3 Å². The highest BCUT2D eigenvalue weighted by Gasteiger charge is 2.35. The highest BCUT2D eigenvalue weighted by Crippen LogP contribution is 2.37. The molecule has 166 valence electrons. The van der Waals surface area contributed by atoms with E-state index in [-0.39, 0.29) is 24.1 Å². The van der Waals surface area contributed by atoms with Gasteiger partial charge in [0.25, 0.3) is 0 Å². The molecule has 1 saturated heterocycles. The quantitative estimate of drug-likeness (QED) is 0.620. The molecule has 2 aliphatic heterocycles. The molecular formula is C19H24BrN7O4. The lowest BCUT2D eigenvalue weighted by molar-refractivity contribution is -0.153. The summed E-state index contributed by atoms with van der Waals surface area (Å²) in [7, 11) is 2.91. The summed E-state index contributed by atoms with van der Waals surface area (Å²) < 4.78 is 13.3. The number of esters is 1. The van der Waals surface area contributed by atoms with Gasteiger partial charge in [-0.1, -0.05) is 0 Å². The van der Waals surface area contributed by atoms with Gasteiger partial charge in [-0.2, -0.15) is 5.10 Å². The number of urea groups is 1. The molecule has 12 heteroatoms. The molecule has 2 aromatic heterocycles. The van der Waals surface area contributed by atoms with Crippen molar-refractivity contribution in [2.24, 2.45) is 0 Å². The summed E-state index contributed by atoms with van der Waals surface area (Å²) in [6.07, 6.45) is 2.09. The van der Waals surface area contributed by atoms with Crippen molar-refractivity contribution >= 4 is 39.7 Å². The molecule has 0 aliphatic carbocycles. The third-order valence-electron chi connectivity index (χ3n) is 5.53. The monoisotopic (exact) mass is 493 g/mol. The zero-order valence-electron chi connectivity index (χ0n) is 17.5. The van der Waals surface area contributed by atoms with Crippen LogP contribution in [0.15, 0.2) is 16.7 Å². The fraction of sp³-hybridized carbons (Fsp3) is 0.526. The van der Waals surface area contributed by atoms with Gasteiger partial charge in [-0.25, -0.2) is 19.6 Å². The molecule has 3 unspecified atom stereocenters. The van der Waals surface area contributed by atoms with Gasteiger partial charge in [0.05, 0.1) is 35.6 Å². The Morgan fingerprint density at radius 3 is 2.87 bits per heavy atom. The molecule has 31 heavy (non-hydrogen) atoms. The van der Waals surface area contributed by atoms with E-state index in [0.29, 0.717) is 43.4 Å². The first-order chi connectivity index (χ1) is 14.9. The number of nitrogens with zero attached hydrogens (tertiary/aromatic N) is 5. The Labute approximate surface area is 187 Å². The van der Waals surface area contributed by atoms with Gasteiger partial charge in [0.1, 0.15) is 6.10 Å². The Balaban J connectivity index is 1.55. The summed E-state index contributed by atoms with van der Waals surface area (Å²) in [5.41, 5.74) is 1.67. The number of fused-ring (bicyclic) bond motifs is 1. The van der Waals surface area contributed by atoms with Gasteiger partial charge in [-0.05, 0) is 35.7 Å². The molecule has 1 fully saturated rings. The molecule has 0 bridgehead atoms. The number of aromatic nitrogens is 4. The predicted molar refractivity (Wildman–Crippen MR) is 115 cm³/mol. The third-order valence-corrected chi connectivity index (χ3v) is 6.14. The Hall–Kier alpha value is -2.73. The summed E-state index contributed by atoms with van der Waals surface area (Å²) in [6.45, 7) is 3.33. The van der Waals surface area contributed by atoms with E-state index in [2.05, 4.69) is 41.5 Å². The van der Waals surface area contributed by atoms with E-state index in [1.807, 2.05) is 17.7 Å². The molecular weight excluding hydrogens is 470 g/mol. The molecule has 3 atom stereocenters. The second-order valence-corrected chi connectivity index (χ2v) is 8.22. The van der Waals surface area contributed by atoms with E-state index in [9.17, 15) is 9.59 Å². The van der Waals surface area contributed by atoms with Crippen LogP contribution in [0.5, 0.6) is 0 Å². The van der Waals surface area contributed by atoms with Crippen LogP contribution in [-0.4, -0.2) is 58.6 Å². The standard InChI is InChI=1S/C19H24BrN7O4/c1-10-12-8-15(23-19(29)21-2)25-27(12)7-6-26(10)18-22-9-11(20)16(24-18)13-4-5-14(31-13)17(28)30-3/h8-10,13-14H,4-7H2,1-3H3,(H2,21,23,25,29). The summed E-state index contributed by atoms with van der Waals surface area (Å²) in [6, 6.07) is 1.48. The smallest absolute Gasteiger partial charge is 0.335 e. The maximum atomic E-state index is 11.8. The predicted octanol–water partition coefficient (Wildman–Crippen LogP) is 2.16. The number of methoxy groups -OCH3 is 1. The lowest BCUT2D eigenvalue weighted by atomic mass is 10.1. The number of nitrogens with one attached hydrogen (secondary N) is 2. The molecule has 2 N–H and O–H groups in total. The van der Waals surface area contributed by atoms with Crippen molar-refractivity contribution in [1.29, 1.82) is 0 Å². The summed E-state index contributed by atoms with van der Waals surface area (Å²) >= 11 is 3.51. The lowest BCUT2D eigenvalue weighted by Gasteiger charge is -2.34. The number of halogens is 1. The fourth-order valence-electron chi connectivity index (χ4n) is 3.89. The maximum absolute atomic E-state index is 11.8. The highest BCUT2D eigenvalue weighted by molar-refractivity contribution is 9.10. The first kappa shape index (κ1) is 21.5. The van der Waals surface area contributed by atoms with Crippen LogP contribution in [0.25, 0.3) is 0 Å². The largest absolute Gasteiger partial charge is 0.467 e. The average molecular weight is 494 g/mol. The highest BCUT2D eigenvalue weighted by atomic mass is 79.9. The molecule has 0 spiro atoms. The van der Waals surface area contributed by atoms with Gasteiger partial charge in [0, 0.05) is 25.9 Å². The van der Waals surface area contributed by atoms with Crippen LogP contribution in [0.3, 0.4) is 0 Å². The minimum Gasteiger partial charge on any atom is -0.467 e. The second-order valence-electron chi connectivity index (χ2n) is 7.37. The Bertz CT molecular complexity index is 998. The number of amides is 2. The van der Waals surface area contributed by atoms with E-state index >= 15 is 0 Å². The van der Waals surface area contributed by atoms with Gasteiger partial charge >= 0.3 is 12.0 Å². The zero-order valence-corrected chi connectivity index (χ0v) is 19.0. The number of rotatable bonds is 4. The van der Waals surface area contributed by atoms with Crippen LogP contribution in [0.2, 0.25) is 0 Å². The Morgan fingerprint density at radius 2 is 2.13 bits per heavy atom. The van der Waals surface area contributed by atoms with E-state index in [0.717, 1.165) is 10.2 Å². The number of hydrogen-bond acceptors (Lipinski definition) is 8. The maximum Gasteiger partial charge on any atom is 0.335 e. The minimum atomic E-state index is -0.574. The molecule has 0 radical (unpaired) electrons. The van der Waals surface area contributed by atoms with Crippen LogP contribution >= 0.6 is 15.9 Å². The van der Waals surface area contributed by atoms with Crippen molar-refractivity contribution in [3.05, 3.63) is 28.1 Å². The van der Waals surface area contributed by atoms with Gasteiger partial charge < -0.3 is 19.7 Å². The van der Waals surface area contributed by atoms with E-state index < -0.39 is 6.10 Å². The number of carbonyl (C=O) groups is 2. The summed E-state index contributed by atoms with van der Waals surface area (Å²) in [5, 5.41) is 9.67. The first-order valence-corrected chi connectivity index (χ1v) is 10.8. The number of anilines is 2. The van der Waals surface area contributed by atoms with Crippen molar-refractivity contribution in [1.82, 2.24) is 25.1 Å². The van der Waals surface area contributed by atoms with Crippen molar-refractivity contribution in [3.63, 3.8) is 0 Å². The topological polar surface area (TPSA) is 124 Å². The van der Waals surface area contributed by atoms with Crippen molar-refractivity contribution in [2.45, 2.75) is 44.6 Å². The molecule has 2 aliphatic rings. The Morgan fingerprint density at radius 1 is 1.32 bits per heavy atom. The summed E-state index contributed by atoms with van der Waals surface area (Å²) in [5.74, 6) is 0.699. The van der Waals surface area contributed by atoms with Crippen molar-refractivity contribution < 1.29 is 19.1 Å². The van der Waals surface area contributed by atoms with Gasteiger partial charge in [-0.3, -0.25) is 10.00 Å². The van der Waals surface area contributed by atoms with E-state index in [1.165, 1.54) is 7.11 Å². The number of hydrogen-bond donors (Lipinski definition) is 2. The van der Waals surface area contributed by atoms with Gasteiger partial charge in [-0.15, -0.1) is 0 Å². The number of carbonyl (C=O) groups excluding carboxylic acids is 2. The van der Waals surface area contributed by atoms with Crippen LogP contribution in [0.4, 0.5) is 16.6 Å². The van der Waals surface area contributed by atoms with Gasteiger partial charge in [0.15, 0.2) is 11.9 Å². The molecule has 2 aromatic rings. The SMILES string of the molecule is CNC(=O)Nc1cc2n(n1)CCN(c1ncc(Br)c(C3CCC(C(=O)OC)O3)n1)C2C. The molecule has 4 rings (SSSR count).